The van der Waals surface area contributed by atoms with Gasteiger partial charge in [0.05, 0.1) is 11.6 Å². The predicted molar refractivity (Wildman–Crippen MR) is 119 cm³/mol. The fourth-order valence-electron chi connectivity index (χ4n) is 4.76. The Balaban J connectivity index is 1.34. The number of likely N-dealkylation sites (tertiary alicyclic amines) is 1. The molecule has 3 heterocycles. The van der Waals surface area contributed by atoms with E-state index in [-0.39, 0.29) is 17.6 Å². The summed E-state index contributed by atoms with van der Waals surface area (Å²) >= 11 is 0. The second-order valence-electron chi connectivity index (χ2n) is 8.57. The lowest BCUT2D eigenvalue weighted by Crippen LogP contribution is -2.38. The van der Waals surface area contributed by atoms with Crippen molar-refractivity contribution in [1.82, 2.24) is 9.88 Å². The Labute approximate surface area is 184 Å². The van der Waals surface area contributed by atoms with Gasteiger partial charge in [0.1, 0.15) is 17.3 Å². The number of anilines is 2. The van der Waals surface area contributed by atoms with Crippen LogP contribution >= 0.6 is 0 Å². The molecule has 6 nitrogen and oxygen atoms in total. The number of nitrogens with zero attached hydrogens (tertiary/aromatic N) is 2. The Morgan fingerprint density at radius 2 is 2.00 bits per heavy atom. The zero-order valence-electron chi connectivity index (χ0n) is 17.8. The van der Waals surface area contributed by atoms with Crippen LogP contribution in [0, 0.1) is 18.6 Å². The van der Waals surface area contributed by atoms with Crippen LogP contribution in [-0.2, 0) is 4.79 Å². The number of aromatic amines is 1. The van der Waals surface area contributed by atoms with Gasteiger partial charge in [-0.3, -0.25) is 9.59 Å². The summed E-state index contributed by atoms with van der Waals surface area (Å²) in [6, 6.07) is 9.03. The number of carbonyl (C=O) groups excluding carboxylic acids is 2. The molecule has 2 aromatic carbocycles. The Hall–Kier alpha value is -3.42. The molecule has 2 saturated heterocycles. The van der Waals surface area contributed by atoms with Gasteiger partial charge in [-0.05, 0) is 55.7 Å². The standard InChI is InChI=1S/C24H24F2N4O2/c1-14-4-5-20(26)19-12-21(28-23(14)19)24(32)27-16-9-15(25)10-18(11-16)29-8-6-17(13-29)30-7-2-3-22(30)31/h4-5,9-12,17,28H,2-3,6-8,13H2,1H3,(H,27,32)/t17-/m0/s1. The van der Waals surface area contributed by atoms with Crippen molar-refractivity contribution in [2.45, 2.75) is 32.2 Å². The number of carbonyl (C=O) groups is 2. The van der Waals surface area contributed by atoms with Gasteiger partial charge in [0.25, 0.3) is 5.91 Å². The maximum absolute atomic E-state index is 14.4. The summed E-state index contributed by atoms with van der Waals surface area (Å²) < 4.78 is 28.5. The smallest absolute Gasteiger partial charge is 0.272 e. The average molecular weight is 438 g/mol. The number of H-pyrrole nitrogens is 1. The minimum absolute atomic E-state index is 0.135. The predicted octanol–water partition coefficient (Wildman–Crippen LogP) is 4.21. The van der Waals surface area contributed by atoms with E-state index < -0.39 is 17.5 Å². The van der Waals surface area contributed by atoms with Crippen LogP contribution in [0.5, 0.6) is 0 Å². The van der Waals surface area contributed by atoms with Crippen molar-refractivity contribution in [2.24, 2.45) is 0 Å². The molecule has 0 saturated carbocycles. The van der Waals surface area contributed by atoms with Crippen molar-refractivity contribution in [3.63, 3.8) is 0 Å². The molecule has 2 aliphatic heterocycles. The summed E-state index contributed by atoms with van der Waals surface area (Å²) in [6.45, 7) is 3.97. The number of aryl methyl sites for hydroxylation is 1. The SMILES string of the molecule is Cc1ccc(F)c2cc(C(=O)Nc3cc(F)cc(N4CC[C@H](N5CCCC5=O)C4)c3)[nH]c12. The summed E-state index contributed by atoms with van der Waals surface area (Å²) in [5, 5.41) is 3.05. The fourth-order valence-corrected chi connectivity index (χ4v) is 4.76. The van der Waals surface area contributed by atoms with Gasteiger partial charge in [0.2, 0.25) is 5.91 Å². The number of benzene rings is 2. The Kier molecular flexibility index (Phi) is 5.07. The third-order valence-corrected chi connectivity index (χ3v) is 6.41. The number of hydrogen-bond acceptors (Lipinski definition) is 3. The van der Waals surface area contributed by atoms with Crippen molar-refractivity contribution < 1.29 is 18.4 Å². The van der Waals surface area contributed by atoms with E-state index in [1.165, 1.54) is 24.3 Å². The van der Waals surface area contributed by atoms with E-state index in [1.807, 2.05) is 16.7 Å². The normalized spacial score (nSPS) is 18.7. The van der Waals surface area contributed by atoms with Gasteiger partial charge in [-0.2, -0.15) is 0 Å². The highest BCUT2D eigenvalue weighted by molar-refractivity contribution is 6.06. The van der Waals surface area contributed by atoms with Crippen molar-refractivity contribution in [3.8, 4) is 0 Å². The minimum atomic E-state index is -0.474. The molecule has 1 atom stereocenters. The van der Waals surface area contributed by atoms with Crippen LogP contribution in [0.25, 0.3) is 10.9 Å². The van der Waals surface area contributed by atoms with Gasteiger partial charge in [-0.1, -0.05) is 6.07 Å². The van der Waals surface area contributed by atoms with Crippen LogP contribution in [0.15, 0.2) is 36.4 Å². The Morgan fingerprint density at radius 1 is 1.16 bits per heavy atom. The molecule has 3 aromatic rings. The molecular weight excluding hydrogens is 414 g/mol. The van der Waals surface area contributed by atoms with Crippen LogP contribution in [0.2, 0.25) is 0 Å². The maximum atomic E-state index is 14.4. The Morgan fingerprint density at radius 3 is 2.75 bits per heavy atom. The first-order valence-corrected chi connectivity index (χ1v) is 10.8. The van der Waals surface area contributed by atoms with E-state index in [4.69, 9.17) is 0 Å². The summed E-state index contributed by atoms with van der Waals surface area (Å²) in [5.41, 5.74) is 2.57. The maximum Gasteiger partial charge on any atom is 0.272 e. The molecule has 2 amide bonds. The molecule has 0 spiro atoms. The number of hydrogen-bond donors (Lipinski definition) is 2. The van der Waals surface area contributed by atoms with Crippen LogP contribution in [0.4, 0.5) is 20.2 Å². The second-order valence-corrected chi connectivity index (χ2v) is 8.57. The molecule has 0 unspecified atom stereocenters. The number of amides is 2. The van der Waals surface area contributed by atoms with Gasteiger partial charge in [-0.15, -0.1) is 0 Å². The molecule has 0 aliphatic carbocycles. The minimum Gasteiger partial charge on any atom is -0.369 e. The summed E-state index contributed by atoms with van der Waals surface area (Å²) in [4.78, 5) is 31.7. The lowest BCUT2D eigenvalue weighted by atomic mass is 10.1. The monoisotopic (exact) mass is 438 g/mol. The lowest BCUT2D eigenvalue weighted by Gasteiger charge is -2.25. The number of aromatic nitrogens is 1. The molecule has 0 bridgehead atoms. The summed E-state index contributed by atoms with van der Waals surface area (Å²) in [7, 11) is 0. The number of nitrogens with one attached hydrogen (secondary N) is 2. The topological polar surface area (TPSA) is 68.4 Å². The lowest BCUT2D eigenvalue weighted by molar-refractivity contribution is -0.129. The highest BCUT2D eigenvalue weighted by Gasteiger charge is 2.33. The van der Waals surface area contributed by atoms with Crippen molar-refractivity contribution >= 4 is 34.1 Å². The summed E-state index contributed by atoms with van der Waals surface area (Å²) in [6.07, 6.45) is 2.33. The molecule has 8 heteroatoms. The first kappa shape index (κ1) is 20.5. The summed E-state index contributed by atoms with van der Waals surface area (Å²) in [5.74, 6) is -1.15. The van der Waals surface area contributed by atoms with Crippen LogP contribution in [0.3, 0.4) is 0 Å². The van der Waals surface area contributed by atoms with Crippen molar-refractivity contribution in [3.05, 3.63) is 59.3 Å². The van der Waals surface area contributed by atoms with Gasteiger partial charge < -0.3 is 20.1 Å². The van der Waals surface area contributed by atoms with Gasteiger partial charge in [0.15, 0.2) is 0 Å². The number of halogens is 2. The molecule has 166 valence electrons. The quantitative estimate of drug-likeness (QED) is 0.641. The average Bonchev–Trinajstić information content (AvgIpc) is 3.49. The largest absolute Gasteiger partial charge is 0.369 e. The molecule has 32 heavy (non-hydrogen) atoms. The molecule has 2 fully saturated rings. The van der Waals surface area contributed by atoms with Crippen molar-refractivity contribution in [1.29, 1.82) is 0 Å². The van der Waals surface area contributed by atoms with E-state index in [0.29, 0.717) is 41.8 Å². The zero-order valence-corrected chi connectivity index (χ0v) is 17.8. The third-order valence-electron chi connectivity index (χ3n) is 6.41. The fraction of sp³-hybridized carbons (Fsp3) is 0.333. The molecule has 2 aliphatic rings. The highest BCUT2D eigenvalue weighted by atomic mass is 19.1. The molecule has 2 N–H and O–H groups in total. The van der Waals surface area contributed by atoms with Gasteiger partial charge in [-0.25, -0.2) is 8.78 Å². The first-order chi connectivity index (χ1) is 15.4. The highest BCUT2D eigenvalue weighted by Crippen LogP contribution is 2.29. The first-order valence-electron chi connectivity index (χ1n) is 10.8. The van der Waals surface area contributed by atoms with Gasteiger partial charge in [0, 0.05) is 42.8 Å². The third kappa shape index (κ3) is 3.70. The van der Waals surface area contributed by atoms with E-state index in [2.05, 4.69) is 10.3 Å². The van der Waals surface area contributed by atoms with Crippen LogP contribution in [0.1, 0.15) is 35.3 Å². The van der Waals surface area contributed by atoms with E-state index in [1.54, 1.807) is 12.1 Å². The van der Waals surface area contributed by atoms with Crippen molar-refractivity contribution in [2.75, 3.05) is 29.9 Å². The van der Waals surface area contributed by atoms with Crippen LogP contribution < -0.4 is 10.2 Å². The second kappa shape index (κ2) is 7.93. The number of rotatable bonds is 4. The van der Waals surface area contributed by atoms with E-state index in [0.717, 1.165) is 24.9 Å². The molecule has 5 rings (SSSR count). The Bertz CT molecular complexity index is 1180. The zero-order chi connectivity index (χ0) is 22.4. The van der Waals surface area contributed by atoms with Crippen LogP contribution in [-0.4, -0.2) is 47.4 Å². The molecule has 1 aromatic heterocycles. The van der Waals surface area contributed by atoms with Gasteiger partial charge >= 0.3 is 0 Å². The number of fused-ring (bicyclic) bond motifs is 1. The van der Waals surface area contributed by atoms with E-state index in [9.17, 15) is 18.4 Å². The molecule has 0 radical (unpaired) electrons. The van der Waals surface area contributed by atoms with E-state index >= 15 is 0 Å². The molecular formula is C24H24F2N4O2.